The van der Waals surface area contributed by atoms with Crippen molar-refractivity contribution < 1.29 is 0 Å². The number of nitrogens with zero attached hydrogens (tertiary/aromatic N) is 2. The van der Waals surface area contributed by atoms with E-state index >= 15 is 0 Å². The van der Waals surface area contributed by atoms with Crippen LogP contribution in [0.1, 0.15) is 0 Å². The molecule has 3 heterocycles. The van der Waals surface area contributed by atoms with Crippen molar-refractivity contribution in [3.63, 3.8) is 0 Å². The minimum atomic E-state index is 1.04. The van der Waals surface area contributed by atoms with Crippen molar-refractivity contribution in [1.29, 1.82) is 0 Å². The maximum atomic E-state index is 3.43. The average molecular weight is 463 g/mol. The molecule has 36 heavy (non-hydrogen) atoms. The highest BCUT2D eigenvalue weighted by molar-refractivity contribution is 6.15. The molecule has 0 unspecified atom stereocenters. The van der Waals surface area contributed by atoms with Gasteiger partial charge in [0, 0.05) is 44.7 Å². The molecule has 1 aliphatic heterocycles. The number of nitrogens with one attached hydrogen (secondary N) is 2. The summed E-state index contributed by atoms with van der Waals surface area (Å²) in [6.45, 7) is 0. The van der Waals surface area contributed by atoms with Crippen LogP contribution in [-0.4, -0.2) is 9.13 Å². The van der Waals surface area contributed by atoms with Gasteiger partial charge in [0.05, 0.1) is 16.6 Å². The minimum Gasteiger partial charge on any atom is -0.317 e. The highest BCUT2D eigenvalue weighted by Gasteiger charge is 2.17. The predicted molar refractivity (Wildman–Crippen MR) is 149 cm³/mol. The summed E-state index contributed by atoms with van der Waals surface area (Å²) < 4.78 is 4.62. The molecule has 0 fully saturated rings. The molecule has 0 saturated heterocycles. The third-order valence-electron chi connectivity index (χ3n) is 7.33. The first kappa shape index (κ1) is 19.4. The molecule has 0 radical (unpaired) electrons. The monoisotopic (exact) mass is 462 g/mol. The van der Waals surface area contributed by atoms with E-state index in [9.17, 15) is 0 Å². The molecule has 4 heteroatoms. The van der Waals surface area contributed by atoms with Crippen LogP contribution in [0.15, 0.2) is 115 Å². The highest BCUT2D eigenvalue weighted by atomic mass is 15.4. The first-order chi connectivity index (χ1) is 17.8. The molecule has 1 aliphatic rings. The summed E-state index contributed by atoms with van der Waals surface area (Å²) >= 11 is 0. The zero-order valence-electron chi connectivity index (χ0n) is 19.4. The summed E-state index contributed by atoms with van der Waals surface area (Å²) in [5.74, 6) is 1.04. The number of fused-ring (bicyclic) bond motifs is 6. The third kappa shape index (κ3) is 2.70. The fraction of sp³-hybridized carbons (Fsp3) is 0. The van der Waals surface area contributed by atoms with Gasteiger partial charge in [-0.15, -0.1) is 0 Å². The Morgan fingerprint density at radius 3 is 2.28 bits per heavy atom. The Morgan fingerprint density at radius 1 is 0.556 bits per heavy atom. The Morgan fingerprint density at radius 2 is 1.33 bits per heavy atom. The summed E-state index contributed by atoms with van der Waals surface area (Å²) in [7, 11) is 0. The van der Waals surface area contributed by atoms with Crippen LogP contribution < -0.4 is 21.3 Å². The molecule has 0 bridgehead atoms. The number of para-hydroxylation sites is 2. The lowest BCUT2D eigenvalue weighted by atomic mass is 10.0. The van der Waals surface area contributed by atoms with E-state index in [0.29, 0.717) is 0 Å². The minimum absolute atomic E-state index is 1.04. The number of hydrogen-bond donors (Lipinski definition) is 2. The van der Waals surface area contributed by atoms with E-state index < -0.39 is 0 Å². The molecule has 0 aliphatic carbocycles. The van der Waals surface area contributed by atoms with Gasteiger partial charge in [-0.25, -0.2) is 0 Å². The van der Waals surface area contributed by atoms with Crippen LogP contribution in [0.4, 0.5) is 0 Å². The molecule has 4 nitrogen and oxygen atoms in total. The van der Waals surface area contributed by atoms with Crippen LogP contribution in [0.2, 0.25) is 0 Å². The highest BCUT2D eigenvalue weighted by Crippen LogP contribution is 2.35. The molecule has 5 aromatic carbocycles. The zero-order chi connectivity index (χ0) is 23.6. The SMILES string of the molecule is C1=c2ccccc2=C(n2c3ccccc3c3cc4cc5c(ccn5-c5ccccc5)cc4cc32)NN1. The number of rotatable bonds is 2. The molecule has 7 aromatic rings. The lowest BCUT2D eigenvalue weighted by Crippen LogP contribution is -2.45. The van der Waals surface area contributed by atoms with Crippen LogP contribution in [0.5, 0.6) is 0 Å². The fourth-order valence-electron chi connectivity index (χ4n) is 5.67. The van der Waals surface area contributed by atoms with E-state index in [4.69, 9.17) is 0 Å². The topological polar surface area (TPSA) is 33.9 Å². The summed E-state index contributed by atoms with van der Waals surface area (Å²) in [5.41, 5.74) is 11.4. The van der Waals surface area contributed by atoms with E-state index in [2.05, 4.69) is 135 Å². The van der Waals surface area contributed by atoms with Gasteiger partial charge in [-0.2, -0.15) is 0 Å². The predicted octanol–water partition coefficient (Wildman–Crippen LogP) is 5.35. The van der Waals surface area contributed by atoms with E-state index in [0.717, 1.165) is 5.82 Å². The summed E-state index contributed by atoms with van der Waals surface area (Å²) in [6.07, 6.45) is 4.17. The van der Waals surface area contributed by atoms with Crippen LogP contribution in [0.25, 0.3) is 61.2 Å². The van der Waals surface area contributed by atoms with Gasteiger partial charge < -0.3 is 9.99 Å². The van der Waals surface area contributed by atoms with Gasteiger partial charge in [0.2, 0.25) is 0 Å². The molecule has 2 aromatic heterocycles. The van der Waals surface area contributed by atoms with Crippen LogP contribution >= 0.6 is 0 Å². The quantitative estimate of drug-likeness (QED) is 0.363. The largest absolute Gasteiger partial charge is 0.317 e. The molecule has 2 N–H and O–H groups in total. The normalized spacial score (nSPS) is 13.1. The van der Waals surface area contributed by atoms with Gasteiger partial charge in [-0.1, -0.05) is 60.7 Å². The Labute approximate surface area is 207 Å². The van der Waals surface area contributed by atoms with Crippen molar-refractivity contribution in [2.75, 3.05) is 0 Å². The van der Waals surface area contributed by atoms with E-state index in [1.54, 1.807) is 0 Å². The van der Waals surface area contributed by atoms with E-state index in [-0.39, 0.29) is 0 Å². The van der Waals surface area contributed by atoms with Gasteiger partial charge in [-0.05, 0) is 59.3 Å². The van der Waals surface area contributed by atoms with Gasteiger partial charge in [0.25, 0.3) is 0 Å². The van der Waals surface area contributed by atoms with Crippen LogP contribution in [-0.2, 0) is 0 Å². The standard InChI is InChI=1S/C32H22N4/c1-2-9-25(10-3-1)35-15-14-21-16-23-19-31-28(17-24(23)18-30(21)35)27-12-6-7-13-29(27)36(31)32-26-11-5-4-8-22(26)20-33-34-32/h1-20,33-34H. The lowest BCUT2D eigenvalue weighted by Gasteiger charge is -2.18. The van der Waals surface area contributed by atoms with Crippen LogP contribution in [0, 0.1) is 0 Å². The van der Waals surface area contributed by atoms with E-state index in [1.807, 2.05) is 6.20 Å². The number of hydrazine groups is 1. The van der Waals surface area contributed by atoms with Crippen molar-refractivity contribution in [3.05, 3.63) is 126 Å². The van der Waals surface area contributed by atoms with Crippen molar-refractivity contribution in [3.8, 4) is 5.69 Å². The average Bonchev–Trinajstić information content (AvgIpc) is 3.49. The first-order valence-corrected chi connectivity index (χ1v) is 12.2. The second-order valence-electron chi connectivity index (χ2n) is 9.35. The van der Waals surface area contributed by atoms with Crippen molar-refractivity contribution in [2.24, 2.45) is 0 Å². The summed E-state index contributed by atoms with van der Waals surface area (Å²) in [4.78, 5) is 0. The number of benzene rings is 5. The van der Waals surface area contributed by atoms with E-state index in [1.165, 1.54) is 59.6 Å². The van der Waals surface area contributed by atoms with Crippen molar-refractivity contribution >= 4 is 55.5 Å². The maximum Gasteiger partial charge on any atom is 0.137 e. The molecular formula is C32H22N4. The first-order valence-electron chi connectivity index (χ1n) is 12.2. The molecule has 170 valence electrons. The Bertz CT molecular complexity index is 2100. The third-order valence-corrected chi connectivity index (χ3v) is 7.33. The Kier molecular flexibility index (Phi) is 3.91. The lowest BCUT2D eigenvalue weighted by molar-refractivity contribution is 0.777. The second kappa shape index (κ2) is 7.27. The van der Waals surface area contributed by atoms with Gasteiger partial charge >= 0.3 is 0 Å². The number of hydrogen-bond acceptors (Lipinski definition) is 2. The molecule has 0 amide bonds. The molecule has 0 saturated carbocycles. The second-order valence-corrected chi connectivity index (χ2v) is 9.35. The Hall–Kier alpha value is -4.96. The number of aromatic nitrogens is 2. The van der Waals surface area contributed by atoms with Gasteiger partial charge in [0.1, 0.15) is 5.82 Å². The molecule has 8 rings (SSSR count). The zero-order valence-corrected chi connectivity index (χ0v) is 19.4. The van der Waals surface area contributed by atoms with Gasteiger partial charge in [-0.3, -0.25) is 9.99 Å². The summed E-state index contributed by atoms with van der Waals surface area (Å²) in [5, 5.41) is 8.54. The molecule has 0 spiro atoms. The molecular weight excluding hydrogens is 440 g/mol. The van der Waals surface area contributed by atoms with Crippen molar-refractivity contribution in [2.45, 2.75) is 0 Å². The van der Waals surface area contributed by atoms with Crippen LogP contribution in [0.3, 0.4) is 0 Å². The van der Waals surface area contributed by atoms with Gasteiger partial charge in [0.15, 0.2) is 0 Å². The fourth-order valence-corrected chi connectivity index (χ4v) is 5.67. The smallest absolute Gasteiger partial charge is 0.137 e. The summed E-state index contributed by atoms with van der Waals surface area (Å²) in [6, 6.07) is 39.2. The Balaban J connectivity index is 1.48. The van der Waals surface area contributed by atoms with Crippen molar-refractivity contribution in [1.82, 2.24) is 20.0 Å². The maximum absolute atomic E-state index is 3.43. The molecule has 0 atom stereocenters.